The third kappa shape index (κ3) is 1.95. The van der Waals surface area contributed by atoms with E-state index in [1.165, 1.54) is 6.92 Å². The van der Waals surface area contributed by atoms with E-state index < -0.39 is 0 Å². The number of hydrogen-bond donors (Lipinski definition) is 0. The minimum absolute atomic E-state index is 0. The molecule has 0 spiro atoms. The van der Waals surface area contributed by atoms with Crippen molar-refractivity contribution < 1.29 is 10.3 Å². The summed E-state index contributed by atoms with van der Waals surface area (Å²) in [4.78, 5) is 14.4. The number of carbonyl (C=O) groups excluding carboxylic acids is 1. The Kier molecular flexibility index (Phi) is 3.28. The van der Waals surface area contributed by atoms with Crippen LogP contribution < -0.4 is 0 Å². The smallest absolute Gasteiger partial charge is 0.159 e. The van der Waals surface area contributed by atoms with Crippen molar-refractivity contribution in [1.29, 1.82) is 0 Å². The summed E-state index contributed by atoms with van der Waals surface area (Å²) in [7, 11) is 0. The third-order valence-corrected chi connectivity index (χ3v) is 1.09. The standard InChI is InChI=1S/C7H7NO.H2O/c1-6(9)7-2-4-8-5-3-7;/h2-5H,1H3;1H2. The number of hydrogen-bond acceptors (Lipinski definition) is 2. The van der Waals surface area contributed by atoms with Gasteiger partial charge in [-0.15, -0.1) is 0 Å². The van der Waals surface area contributed by atoms with E-state index >= 15 is 0 Å². The van der Waals surface area contributed by atoms with E-state index in [1.54, 1.807) is 24.5 Å². The van der Waals surface area contributed by atoms with Crippen LogP contribution in [0, 0.1) is 0 Å². The van der Waals surface area contributed by atoms with Gasteiger partial charge in [0.1, 0.15) is 0 Å². The molecular weight excluding hydrogens is 130 g/mol. The summed E-state index contributed by atoms with van der Waals surface area (Å²) in [5, 5.41) is 0. The molecule has 0 aliphatic carbocycles. The Balaban J connectivity index is 0.000000810. The van der Waals surface area contributed by atoms with Crippen LogP contribution in [0.3, 0.4) is 0 Å². The van der Waals surface area contributed by atoms with Gasteiger partial charge in [-0.25, -0.2) is 0 Å². The quantitative estimate of drug-likeness (QED) is 0.530. The molecule has 10 heavy (non-hydrogen) atoms. The zero-order valence-electron chi connectivity index (χ0n) is 5.66. The van der Waals surface area contributed by atoms with Crippen molar-refractivity contribution in [3.8, 4) is 0 Å². The average Bonchev–Trinajstić information content (AvgIpc) is 1.90. The lowest BCUT2D eigenvalue weighted by molar-refractivity contribution is 0.101. The first-order valence-electron chi connectivity index (χ1n) is 2.71. The van der Waals surface area contributed by atoms with E-state index in [0.29, 0.717) is 5.56 Å². The summed E-state index contributed by atoms with van der Waals surface area (Å²) < 4.78 is 0. The van der Waals surface area contributed by atoms with Crippen LogP contribution >= 0.6 is 0 Å². The van der Waals surface area contributed by atoms with Crippen LogP contribution in [0.15, 0.2) is 24.5 Å². The minimum Gasteiger partial charge on any atom is -0.412 e. The lowest BCUT2D eigenvalue weighted by Gasteiger charge is -1.88. The molecule has 0 fully saturated rings. The third-order valence-electron chi connectivity index (χ3n) is 1.09. The van der Waals surface area contributed by atoms with Gasteiger partial charge in [0.25, 0.3) is 0 Å². The molecule has 0 aromatic carbocycles. The molecule has 0 saturated carbocycles. The number of carbonyl (C=O) groups is 1. The Hall–Kier alpha value is -1.22. The van der Waals surface area contributed by atoms with Gasteiger partial charge in [0, 0.05) is 18.0 Å². The Morgan fingerprint density at radius 3 is 2.20 bits per heavy atom. The van der Waals surface area contributed by atoms with Gasteiger partial charge in [0.15, 0.2) is 5.78 Å². The fourth-order valence-electron chi connectivity index (χ4n) is 0.587. The fourth-order valence-corrected chi connectivity index (χ4v) is 0.587. The van der Waals surface area contributed by atoms with Crippen LogP contribution in [0.25, 0.3) is 0 Å². The van der Waals surface area contributed by atoms with Crippen molar-refractivity contribution in [3.63, 3.8) is 0 Å². The van der Waals surface area contributed by atoms with Crippen molar-refractivity contribution in [2.75, 3.05) is 0 Å². The van der Waals surface area contributed by atoms with Crippen molar-refractivity contribution in [3.05, 3.63) is 30.1 Å². The van der Waals surface area contributed by atoms with Gasteiger partial charge in [-0.1, -0.05) is 0 Å². The Morgan fingerprint density at radius 1 is 1.40 bits per heavy atom. The van der Waals surface area contributed by atoms with E-state index in [4.69, 9.17) is 0 Å². The number of aromatic nitrogens is 1. The Bertz CT molecular complexity index is 208. The molecule has 0 amide bonds. The maximum atomic E-state index is 10.6. The topological polar surface area (TPSA) is 61.5 Å². The van der Waals surface area contributed by atoms with Crippen LogP contribution in [0.2, 0.25) is 0 Å². The van der Waals surface area contributed by atoms with Crippen molar-refractivity contribution in [2.45, 2.75) is 6.92 Å². The fraction of sp³-hybridized carbons (Fsp3) is 0.143. The molecule has 0 saturated heterocycles. The molecule has 1 heterocycles. The van der Waals surface area contributed by atoms with E-state index in [0.717, 1.165) is 0 Å². The highest BCUT2D eigenvalue weighted by Crippen LogP contribution is 1.95. The summed E-state index contributed by atoms with van der Waals surface area (Å²) in [5.41, 5.74) is 0.713. The maximum Gasteiger partial charge on any atom is 0.159 e. The highest BCUT2D eigenvalue weighted by Gasteiger charge is 1.93. The van der Waals surface area contributed by atoms with Crippen LogP contribution in [0.4, 0.5) is 0 Å². The molecule has 2 N–H and O–H groups in total. The molecule has 54 valence electrons. The summed E-state index contributed by atoms with van der Waals surface area (Å²) in [5.74, 6) is 0.0809. The molecule has 1 aromatic rings. The van der Waals surface area contributed by atoms with Crippen LogP contribution in [0.1, 0.15) is 17.3 Å². The van der Waals surface area contributed by atoms with E-state index in [1.807, 2.05) is 0 Å². The van der Waals surface area contributed by atoms with Crippen LogP contribution in [-0.2, 0) is 0 Å². The largest absolute Gasteiger partial charge is 0.412 e. The molecule has 0 bridgehead atoms. The molecular formula is C7H9NO2. The Labute approximate surface area is 59.0 Å². The number of rotatable bonds is 1. The highest BCUT2D eigenvalue weighted by molar-refractivity contribution is 5.93. The van der Waals surface area contributed by atoms with Gasteiger partial charge >= 0.3 is 0 Å². The van der Waals surface area contributed by atoms with Crippen LogP contribution in [-0.4, -0.2) is 16.2 Å². The molecule has 3 nitrogen and oxygen atoms in total. The zero-order valence-corrected chi connectivity index (χ0v) is 5.66. The average molecular weight is 139 g/mol. The Morgan fingerprint density at radius 2 is 1.90 bits per heavy atom. The molecule has 0 aliphatic heterocycles. The number of nitrogens with zero attached hydrogens (tertiary/aromatic N) is 1. The SMILES string of the molecule is CC(=O)c1ccncc1.O. The first kappa shape index (κ1) is 8.78. The second-order valence-corrected chi connectivity index (χ2v) is 1.79. The predicted molar refractivity (Wildman–Crippen MR) is 37.9 cm³/mol. The summed E-state index contributed by atoms with van der Waals surface area (Å²) in [6.07, 6.45) is 3.22. The molecule has 0 radical (unpaired) electrons. The molecule has 0 atom stereocenters. The number of Topliss-reactive ketones (excluding diaryl/α,β-unsaturated/α-hetero) is 1. The van der Waals surface area contributed by atoms with Crippen LogP contribution in [0.5, 0.6) is 0 Å². The lowest BCUT2D eigenvalue weighted by Crippen LogP contribution is -1.89. The van der Waals surface area contributed by atoms with Gasteiger partial charge < -0.3 is 5.48 Å². The first-order chi connectivity index (χ1) is 4.30. The van der Waals surface area contributed by atoms with Crippen molar-refractivity contribution in [2.24, 2.45) is 0 Å². The van der Waals surface area contributed by atoms with Gasteiger partial charge in [-0.2, -0.15) is 0 Å². The molecule has 0 aliphatic rings. The zero-order chi connectivity index (χ0) is 6.69. The van der Waals surface area contributed by atoms with Gasteiger partial charge in [0.2, 0.25) is 0 Å². The summed E-state index contributed by atoms with van der Waals surface area (Å²) in [6, 6.07) is 3.39. The molecule has 1 rings (SSSR count). The van der Waals surface area contributed by atoms with E-state index in [2.05, 4.69) is 4.98 Å². The maximum absolute atomic E-state index is 10.6. The second kappa shape index (κ2) is 3.74. The van der Waals surface area contributed by atoms with Gasteiger partial charge in [0.05, 0.1) is 0 Å². The monoisotopic (exact) mass is 139 g/mol. The molecule has 0 unspecified atom stereocenters. The first-order valence-corrected chi connectivity index (χ1v) is 2.71. The van der Waals surface area contributed by atoms with E-state index in [9.17, 15) is 4.79 Å². The summed E-state index contributed by atoms with van der Waals surface area (Å²) >= 11 is 0. The van der Waals surface area contributed by atoms with Crippen molar-refractivity contribution >= 4 is 5.78 Å². The number of pyridine rings is 1. The minimum atomic E-state index is 0. The van der Waals surface area contributed by atoms with Gasteiger partial charge in [-0.05, 0) is 19.1 Å². The van der Waals surface area contributed by atoms with Gasteiger partial charge in [-0.3, -0.25) is 9.78 Å². The van der Waals surface area contributed by atoms with E-state index in [-0.39, 0.29) is 11.3 Å². The number of ketones is 1. The normalized spacial score (nSPS) is 8.10. The predicted octanol–water partition coefficient (Wildman–Crippen LogP) is 0.460. The van der Waals surface area contributed by atoms with Crippen molar-refractivity contribution in [1.82, 2.24) is 4.98 Å². The molecule has 1 aromatic heterocycles. The highest BCUT2D eigenvalue weighted by atomic mass is 16.1. The second-order valence-electron chi connectivity index (χ2n) is 1.79. The molecule has 3 heteroatoms. The lowest BCUT2D eigenvalue weighted by atomic mass is 10.2. The summed E-state index contributed by atoms with van der Waals surface area (Å²) in [6.45, 7) is 1.54.